The van der Waals surface area contributed by atoms with Crippen LogP contribution in [0.4, 0.5) is 0 Å². The fourth-order valence-corrected chi connectivity index (χ4v) is 2.05. The van der Waals surface area contributed by atoms with Gasteiger partial charge in [-0.3, -0.25) is 0 Å². The first-order valence-electron chi connectivity index (χ1n) is 5.86. The molecule has 0 saturated heterocycles. The van der Waals surface area contributed by atoms with E-state index in [1.165, 1.54) is 7.11 Å². The molecule has 0 amide bonds. The Morgan fingerprint density at radius 2 is 2.17 bits per heavy atom. The molecule has 1 aromatic carbocycles. The predicted octanol–water partition coefficient (Wildman–Crippen LogP) is 1.23. The molecule has 5 nitrogen and oxygen atoms in total. The lowest BCUT2D eigenvalue weighted by Gasteiger charge is -2.23. The molecule has 0 spiro atoms. The van der Waals surface area contributed by atoms with Gasteiger partial charge in [-0.05, 0) is 18.1 Å². The molecule has 98 valence electrons. The number of aliphatic hydroxyl groups excluding tert-OH is 1. The Bertz CT molecular complexity index is 455. The molecule has 1 aliphatic heterocycles. The Kier molecular flexibility index (Phi) is 3.72. The average Bonchev–Trinajstić information content (AvgIpc) is 2.44. The lowest BCUT2D eigenvalue weighted by molar-refractivity contribution is -0.150. The molecule has 1 N–H and O–H groups in total. The third-order valence-electron chi connectivity index (χ3n) is 2.92. The van der Waals surface area contributed by atoms with Gasteiger partial charge in [-0.1, -0.05) is 13.0 Å². The van der Waals surface area contributed by atoms with Crippen molar-refractivity contribution in [2.45, 2.75) is 19.4 Å². The highest BCUT2D eigenvalue weighted by Crippen LogP contribution is 2.38. The highest BCUT2D eigenvalue weighted by Gasteiger charge is 2.25. The molecular formula is C13H16O5. The van der Waals surface area contributed by atoms with Crippen LogP contribution in [0.25, 0.3) is 0 Å². The quantitative estimate of drug-likeness (QED) is 0.819. The zero-order valence-corrected chi connectivity index (χ0v) is 10.4. The Labute approximate surface area is 105 Å². The molecule has 5 heteroatoms. The first-order valence-corrected chi connectivity index (χ1v) is 5.86. The molecule has 1 aliphatic rings. The Morgan fingerprint density at radius 1 is 1.44 bits per heavy atom. The molecule has 2 rings (SSSR count). The van der Waals surface area contributed by atoms with Gasteiger partial charge in [0.25, 0.3) is 0 Å². The Hall–Kier alpha value is -1.75. The van der Waals surface area contributed by atoms with Gasteiger partial charge in [-0.15, -0.1) is 0 Å². The predicted molar refractivity (Wildman–Crippen MR) is 63.8 cm³/mol. The van der Waals surface area contributed by atoms with E-state index in [9.17, 15) is 9.90 Å². The number of fused-ring (bicyclic) bond motifs is 1. The van der Waals surface area contributed by atoms with Crippen LogP contribution >= 0.6 is 0 Å². The number of benzene rings is 1. The van der Waals surface area contributed by atoms with Crippen molar-refractivity contribution >= 4 is 5.97 Å². The molecule has 1 unspecified atom stereocenters. The van der Waals surface area contributed by atoms with E-state index in [2.05, 4.69) is 4.74 Å². The van der Waals surface area contributed by atoms with Crippen molar-refractivity contribution < 1.29 is 24.1 Å². The van der Waals surface area contributed by atoms with Gasteiger partial charge in [0.1, 0.15) is 13.2 Å². The number of carbonyl (C=O) groups is 1. The molecule has 0 radical (unpaired) electrons. The summed E-state index contributed by atoms with van der Waals surface area (Å²) in [5.74, 6) is 0.587. The lowest BCUT2D eigenvalue weighted by atomic mass is 9.98. The molecule has 0 saturated carbocycles. The number of rotatable bonds is 3. The van der Waals surface area contributed by atoms with Gasteiger partial charge >= 0.3 is 5.97 Å². The second kappa shape index (κ2) is 5.27. The molecule has 0 aromatic heterocycles. The van der Waals surface area contributed by atoms with Gasteiger partial charge in [0, 0.05) is 5.56 Å². The van der Waals surface area contributed by atoms with E-state index in [1.807, 2.05) is 6.92 Å². The molecule has 1 atom stereocenters. The Morgan fingerprint density at radius 3 is 2.83 bits per heavy atom. The van der Waals surface area contributed by atoms with Gasteiger partial charge in [-0.25, -0.2) is 4.79 Å². The normalized spacial score (nSPS) is 15.1. The number of ether oxygens (including phenoxy) is 3. The number of hydrogen-bond donors (Lipinski definition) is 1. The monoisotopic (exact) mass is 252 g/mol. The third-order valence-corrected chi connectivity index (χ3v) is 2.92. The summed E-state index contributed by atoms with van der Waals surface area (Å²) in [5, 5.41) is 9.93. The summed E-state index contributed by atoms with van der Waals surface area (Å²) >= 11 is 0. The zero-order valence-electron chi connectivity index (χ0n) is 10.4. The number of methoxy groups -OCH3 is 1. The van der Waals surface area contributed by atoms with Crippen molar-refractivity contribution in [3.05, 3.63) is 23.3 Å². The van der Waals surface area contributed by atoms with Crippen molar-refractivity contribution in [3.63, 3.8) is 0 Å². The van der Waals surface area contributed by atoms with Crippen LogP contribution in [0.2, 0.25) is 0 Å². The van der Waals surface area contributed by atoms with Gasteiger partial charge in [0.05, 0.1) is 7.11 Å². The largest absolute Gasteiger partial charge is 0.486 e. The van der Waals surface area contributed by atoms with Crippen LogP contribution in [0.3, 0.4) is 0 Å². The van der Waals surface area contributed by atoms with Crippen molar-refractivity contribution in [2.24, 2.45) is 0 Å². The Balaban J connectivity index is 2.45. The summed E-state index contributed by atoms with van der Waals surface area (Å²) in [7, 11) is 1.25. The van der Waals surface area contributed by atoms with Crippen molar-refractivity contribution in [2.75, 3.05) is 20.3 Å². The first-order chi connectivity index (χ1) is 8.69. The summed E-state index contributed by atoms with van der Waals surface area (Å²) in [4.78, 5) is 11.4. The summed E-state index contributed by atoms with van der Waals surface area (Å²) in [6.45, 7) is 2.91. The summed E-state index contributed by atoms with van der Waals surface area (Å²) in [6, 6.07) is 3.38. The topological polar surface area (TPSA) is 65.0 Å². The van der Waals surface area contributed by atoms with Crippen molar-refractivity contribution in [3.8, 4) is 11.5 Å². The van der Waals surface area contributed by atoms with Gasteiger partial charge < -0.3 is 19.3 Å². The van der Waals surface area contributed by atoms with E-state index in [-0.39, 0.29) is 0 Å². The van der Waals surface area contributed by atoms with E-state index in [0.29, 0.717) is 36.7 Å². The van der Waals surface area contributed by atoms with Crippen molar-refractivity contribution in [1.29, 1.82) is 0 Å². The lowest BCUT2D eigenvalue weighted by Crippen LogP contribution is -2.20. The minimum atomic E-state index is -1.29. The molecule has 1 heterocycles. The van der Waals surface area contributed by atoms with Crippen LogP contribution in [0.1, 0.15) is 24.2 Å². The van der Waals surface area contributed by atoms with Crippen LogP contribution in [0, 0.1) is 0 Å². The first kappa shape index (κ1) is 12.7. The molecule has 0 bridgehead atoms. The highest BCUT2D eigenvalue weighted by molar-refractivity contribution is 5.77. The van der Waals surface area contributed by atoms with Gasteiger partial charge in [-0.2, -0.15) is 0 Å². The van der Waals surface area contributed by atoms with Crippen LogP contribution in [-0.2, 0) is 16.0 Å². The van der Waals surface area contributed by atoms with E-state index in [0.717, 1.165) is 5.56 Å². The second-order valence-electron chi connectivity index (χ2n) is 3.94. The smallest absolute Gasteiger partial charge is 0.339 e. The maximum atomic E-state index is 11.4. The highest BCUT2D eigenvalue weighted by atomic mass is 16.6. The number of aliphatic hydroxyl groups is 1. The molecule has 18 heavy (non-hydrogen) atoms. The van der Waals surface area contributed by atoms with E-state index in [1.54, 1.807) is 12.1 Å². The molecule has 1 aromatic rings. The van der Waals surface area contributed by atoms with E-state index >= 15 is 0 Å². The summed E-state index contributed by atoms with van der Waals surface area (Å²) in [6.07, 6.45) is -0.656. The zero-order chi connectivity index (χ0) is 13.1. The van der Waals surface area contributed by atoms with Crippen LogP contribution < -0.4 is 9.47 Å². The maximum Gasteiger partial charge on any atom is 0.339 e. The standard InChI is InChI=1S/C13H16O5/c1-3-8-9(11(14)13(15)16-2)4-5-10-12(8)18-7-6-17-10/h4-5,11,14H,3,6-7H2,1-2H3. The summed E-state index contributed by atoms with van der Waals surface area (Å²) in [5.41, 5.74) is 1.29. The fraction of sp³-hybridized carbons (Fsp3) is 0.462. The fourth-order valence-electron chi connectivity index (χ4n) is 2.05. The van der Waals surface area contributed by atoms with Crippen LogP contribution in [-0.4, -0.2) is 31.4 Å². The minimum Gasteiger partial charge on any atom is -0.486 e. The van der Waals surface area contributed by atoms with Gasteiger partial charge in [0.15, 0.2) is 17.6 Å². The number of hydrogen-bond acceptors (Lipinski definition) is 5. The van der Waals surface area contributed by atoms with Crippen LogP contribution in [0.5, 0.6) is 11.5 Å². The average molecular weight is 252 g/mol. The van der Waals surface area contributed by atoms with E-state index in [4.69, 9.17) is 9.47 Å². The maximum absolute atomic E-state index is 11.4. The number of carbonyl (C=O) groups excluding carboxylic acids is 1. The molecular weight excluding hydrogens is 236 g/mol. The SMILES string of the molecule is CCc1c(C(O)C(=O)OC)ccc2c1OCCO2. The minimum absolute atomic E-state index is 0.470. The number of esters is 1. The molecule has 0 fully saturated rings. The summed E-state index contributed by atoms with van der Waals surface area (Å²) < 4.78 is 15.6. The van der Waals surface area contributed by atoms with E-state index < -0.39 is 12.1 Å². The molecule has 0 aliphatic carbocycles. The third kappa shape index (κ3) is 2.13. The van der Waals surface area contributed by atoms with Crippen LogP contribution in [0.15, 0.2) is 12.1 Å². The van der Waals surface area contributed by atoms with Crippen molar-refractivity contribution in [1.82, 2.24) is 0 Å². The second-order valence-corrected chi connectivity index (χ2v) is 3.94. The van der Waals surface area contributed by atoms with Gasteiger partial charge in [0.2, 0.25) is 0 Å².